The number of hydrogen-bond acceptors (Lipinski definition) is 3. The Morgan fingerprint density at radius 3 is 2.55 bits per heavy atom. The Labute approximate surface area is 123 Å². The van der Waals surface area contributed by atoms with Gasteiger partial charge in [0, 0.05) is 11.4 Å². The number of rotatable bonds is 6. The third-order valence-corrected chi connectivity index (χ3v) is 4.09. The van der Waals surface area contributed by atoms with Crippen molar-refractivity contribution < 1.29 is 14.7 Å². The molecule has 5 nitrogen and oxygen atoms in total. The first-order chi connectivity index (χ1) is 9.42. The monoisotopic (exact) mass is 296 g/mol. The van der Waals surface area contributed by atoms with E-state index in [1.165, 1.54) is 11.8 Å². The predicted octanol–water partition coefficient (Wildman–Crippen LogP) is 3.03. The number of amides is 2. The summed E-state index contributed by atoms with van der Waals surface area (Å²) in [7, 11) is 0. The Hall–Kier alpha value is -1.69. The normalized spacial score (nSPS) is 13.3. The number of para-hydroxylation sites is 1. The zero-order chi connectivity index (χ0) is 15.2. The molecule has 0 aliphatic carbocycles. The summed E-state index contributed by atoms with van der Waals surface area (Å²) < 4.78 is 0. The van der Waals surface area contributed by atoms with Crippen LogP contribution in [0.15, 0.2) is 29.2 Å². The molecule has 0 aliphatic heterocycles. The number of carboxylic acid groups (broad SMARTS) is 1. The molecule has 0 fully saturated rings. The summed E-state index contributed by atoms with van der Waals surface area (Å²) in [6, 6.07) is 7.05. The number of aliphatic carboxylic acids is 1. The van der Waals surface area contributed by atoms with E-state index in [0.29, 0.717) is 12.1 Å². The lowest BCUT2D eigenvalue weighted by Crippen LogP contribution is -2.42. The van der Waals surface area contributed by atoms with E-state index in [1.807, 2.05) is 30.5 Å². The summed E-state index contributed by atoms with van der Waals surface area (Å²) in [6.45, 7) is 3.49. The van der Waals surface area contributed by atoms with Gasteiger partial charge in [-0.25, -0.2) is 4.79 Å². The van der Waals surface area contributed by atoms with Crippen molar-refractivity contribution in [2.24, 2.45) is 5.41 Å². The van der Waals surface area contributed by atoms with E-state index in [4.69, 9.17) is 5.11 Å². The van der Waals surface area contributed by atoms with Crippen LogP contribution in [0.2, 0.25) is 0 Å². The largest absolute Gasteiger partial charge is 0.481 e. The maximum atomic E-state index is 11.8. The van der Waals surface area contributed by atoms with Crippen molar-refractivity contribution in [1.82, 2.24) is 5.32 Å². The Morgan fingerprint density at radius 2 is 2.00 bits per heavy atom. The van der Waals surface area contributed by atoms with Crippen molar-refractivity contribution in [3.63, 3.8) is 0 Å². The highest BCUT2D eigenvalue weighted by Crippen LogP contribution is 2.24. The average molecular weight is 296 g/mol. The zero-order valence-corrected chi connectivity index (χ0v) is 12.7. The van der Waals surface area contributed by atoms with Gasteiger partial charge in [0.05, 0.1) is 11.1 Å². The fourth-order valence-corrected chi connectivity index (χ4v) is 2.10. The van der Waals surface area contributed by atoms with Gasteiger partial charge in [0.15, 0.2) is 0 Å². The minimum atomic E-state index is -0.948. The molecular weight excluding hydrogens is 276 g/mol. The van der Waals surface area contributed by atoms with Crippen LogP contribution in [0, 0.1) is 5.41 Å². The summed E-state index contributed by atoms with van der Waals surface area (Å²) in [5.74, 6) is -0.912. The molecule has 110 valence electrons. The summed E-state index contributed by atoms with van der Waals surface area (Å²) in [6.07, 6.45) is 2.38. The molecule has 6 heteroatoms. The Kier molecular flexibility index (Phi) is 5.88. The maximum Gasteiger partial charge on any atom is 0.319 e. The highest BCUT2D eigenvalue weighted by atomic mass is 32.2. The molecular formula is C14H20N2O3S. The van der Waals surface area contributed by atoms with Crippen LogP contribution >= 0.6 is 11.8 Å². The number of urea groups is 1. The highest BCUT2D eigenvalue weighted by Gasteiger charge is 2.31. The fraction of sp³-hybridized carbons (Fsp3) is 0.429. The second-order valence-electron chi connectivity index (χ2n) is 4.73. The smallest absolute Gasteiger partial charge is 0.319 e. The van der Waals surface area contributed by atoms with Crippen LogP contribution in [-0.4, -0.2) is 29.9 Å². The van der Waals surface area contributed by atoms with E-state index in [1.54, 1.807) is 13.8 Å². The summed E-state index contributed by atoms with van der Waals surface area (Å²) in [5, 5.41) is 14.5. The minimum Gasteiger partial charge on any atom is -0.481 e. The standard InChI is InChI=1S/C14H20N2O3S/c1-4-14(2,12(17)18)9-15-13(19)16-10-7-5-6-8-11(10)20-3/h5-8H,4,9H2,1-3H3,(H,17,18)(H2,15,16,19). The van der Waals surface area contributed by atoms with Crippen molar-refractivity contribution in [1.29, 1.82) is 0 Å². The van der Waals surface area contributed by atoms with Gasteiger partial charge in [-0.15, -0.1) is 11.8 Å². The zero-order valence-electron chi connectivity index (χ0n) is 11.9. The van der Waals surface area contributed by atoms with Crippen LogP contribution in [0.1, 0.15) is 20.3 Å². The van der Waals surface area contributed by atoms with Crippen LogP contribution in [0.3, 0.4) is 0 Å². The lowest BCUT2D eigenvalue weighted by Gasteiger charge is -2.23. The molecule has 1 unspecified atom stereocenters. The van der Waals surface area contributed by atoms with E-state index in [0.717, 1.165) is 4.90 Å². The SMILES string of the molecule is CCC(C)(CNC(=O)Nc1ccccc1SC)C(=O)O. The molecule has 0 heterocycles. The van der Waals surface area contributed by atoms with E-state index >= 15 is 0 Å². The van der Waals surface area contributed by atoms with E-state index in [2.05, 4.69) is 10.6 Å². The third-order valence-electron chi connectivity index (χ3n) is 3.29. The van der Waals surface area contributed by atoms with Gasteiger partial charge in [-0.1, -0.05) is 19.1 Å². The molecule has 0 saturated carbocycles. The Morgan fingerprint density at radius 1 is 1.35 bits per heavy atom. The number of anilines is 1. The van der Waals surface area contributed by atoms with Gasteiger partial charge in [0.25, 0.3) is 0 Å². The van der Waals surface area contributed by atoms with Gasteiger partial charge in [0.1, 0.15) is 0 Å². The molecule has 2 amide bonds. The lowest BCUT2D eigenvalue weighted by atomic mass is 9.88. The molecule has 0 aromatic heterocycles. The van der Waals surface area contributed by atoms with Crippen LogP contribution in [-0.2, 0) is 4.79 Å². The molecule has 0 radical (unpaired) electrons. The molecule has 0 saturated heterocycles. The van der Waals surface area contributed by atoms with E-state index < -0.39 is 17.4 Å². The van der Waals surface area contributed by atoms with Crippen LogP contribution < -0.4 is 10.6 Å². The van der Waals surface area contributed by atoms with Crippen molar-refractivity contribution in [3.05, 3.63) is 24.3 Å². The van der Waals surface area contributed by atoms with Crippen LogP contribution in [0.5, 0.6) is 0 Å². The topological polar surface area (TPSA) is 78.4 Å². The van der Waals surface area contributed by atoms with Crippen molar-refractivity contribution in [3.8, 4) is 0 Å². The number of hydrogen-bond donors (Lipinski definition) is 3. The molecule has 20 heavy (non-hydrogen) atoms. The number of carbonyl (C=O) groups is 2. The molecule has 1 atom stereocenters. The van der Waals surface area contributed by atoms with E-state index in [9.17, 15) is 9.59 Å². The Bertz CT molecular complexity index is 493. The molecule has 0 spiro atoms. The highest BCUT2D eigenvalue weighted by molar-refractivity contribution is 7.98. The maximum absolute atomic E-state index is 11.8. The first-order valence-corrected chi connectivity index (χ1v) is 7.56. The molecule has 1 rings (SSSR count). The van der Waals surface area contributed by atoms with Crippen molar-refractivity contribution in [2.45, 2.75) is 25.2 Å². The van der Waals surface area contributed by atoms with Gasteiger partial charge in [-0.3, -0.25) is 4.79 Å². The van der Waals surface area contributed by atoms with Gasteiger partial charge in [-0.05, 0) is 31.7 Å². The summed E-state index contributed by atoms with van der Waals surface area (Å²) >= 11 is 1.53. The first kappa shape index (κ1) is 16.4. The average Bonchev–Trinajstić information content (AvgIpc) is 2.45. The van der Waals surface area contributed by atoms with Crippen molar-refractivity contribution >= 4 is 29.4 Å². The van der Waals surface area contributed by atoms with Gasteiger partial charge >= 0.3 is 12.0 Å². The van der Waals surface area contributed by atoms with Gasteiger partial charge in [-0.2, -0.15) is 0 Å². The second kappa shape index (κ2) is 7.19. The predicted molar refractivity (Wildman–Crippen MR) is 81.3 cm³/mol. The van der Waals surface area contributed by atoms with Crippen molar-refractivity contribution in [2.75, 3.05) is 18.1 Å². The van der Waals surface area contributed by atoms with E-state index in [-0.39, 0.29) is 6.54 Å². The van der Waals surface area contributed by atoms with Crippen LogP contribution in [0.4, 0.5) is 10.5 Å². The summed E-state index contributed by atoms with van der Waals surface area (Å²) in [4.78, 5) is 23.9. The third kappa shape index (κ3) is 4.16. The molecule has 1 aromatic carbocycles. The number of carbonyl (C=O) groups excluding carboxylic acids is 1. The van der Waals surface area contributed by atoms with Gasteiger partial charge < -0.3 is 15.7 Å². The number of thioether (sulfide) groups is 1. The lowest BCUT2D eigenvalue weighted by molar-refractivity contribution is -0.147. The number of benzene rings is 1. The summed E-state index contributed by atoms with van der Waals surface area (Å²) in [5.41, 5.74) is -0.234. The second-order valence-corrected chi connectivity index (χ2v) is 5.58. The number of carboxylic acids is 1. The van der Waals surface area contributed by atoms with Gasteiger partial charge in [0.2, 0.25) is 0 Å². The molecule has 3 N–H and O–H groups in total. The first-order valence-electron chi connectivity index (χ1n) is 6.34. The van der Waals surface area contributed by atoms with Crippen LogP contribution in [0.25, 0.3) is 0 Å². The quantitative estimate of drug-likeness (QED) is 0.705. The molecule has 1 aromatic rings. The molecule has 0 aliphatic rings. The fourth-order valence-electron chi connectivity index (χ4n) is 1.54. The number of nitrogens with one attached hydrogen (secondary N) is 2. The minimum absolute atomic E-state index is 0.0894. The Balaban J connectivity index is 2.62. The molecule has 0 bridgehead atoms.